The van der Waals surface area contributed by atoms with Crippen LogP contribution in [0.1, 0.15) is 31.2 Å². The lowest BCUT2D eigenvalue weighted by molar-refractivity contribution is -0.123. The van der Waals surface area contributed by atoms with Gasteiger partial charge in [0.2, 0.25) is 5.91 Å². The highest BCUT2D eigenvalue weighted by Crippen LogP contribution is 2.33. The topological polar surface area (TPSA) is 38.3 Å². The number of hydrogen-bond donors (Lipinski definition) is 1. The van der Waals surface area contributed by atoms with E-state index in [0.29, 0.717) is 13.2 Å². The number of para-hydroxylation sites is 1. The van der Waals surface area contributed by atoms with Gasteiger partial charge in [0.1, 0.15) is 5.75 Å². The van der Waals surface area contributed by atoms with Crippen molar-refractivity contribution in [2.75, 3.05) is 13.2 Å². The van der Waals surface area contributed by atoms with E-state index in [0.717, 1.165) is 24.2 Å². The Hall–Kier alpha value is -1.22. The molecule has 0 saturated heterocycles. The molecular weight excluding hydrogens is 250 g/mol. The fraction of sp³-hybridized carbons (Fsp3) is 0.500. The number of hydrogen-bond acceptors (Lipinski definition) is 2. The number of halogens is 1. The average molecular weight is 268 g/mol. The maximum atomic E-state index is 12.1. The summed E-state index contributed by atoms with van der Waals surface area (Å²) in [6, 6.07) is 7.74. The zero-order valence-corrected chi connectivity index (χ0v) is 11.2. The molecule has 1 aromatic carbocycles. The Balaban J connectivity index is 1.99. The van der Waals surface area contributed by atoms with Crippen LogP contribution in [0.5, 0.6) is 5.75 Å². The number of alkyl halides is 1. The van der Waals surface area contributed by atoms with Gasteiger partial charge in [-0.3, -0.25) is 4.79 Å². The molecule has 2 atom stereocenters. The molecule has 2 unspecified atom stereocenters. The van der Waals surface area contributed by atoms with Gasteiger partial charge in [0.25, 0.3) is 0 Å². The van der Waals surface area contributed by atoms with Gasteiger partial charge in [-0.15, -0.1) is 11.6 Å². The SMILES string of the molecule is CC(Cl)CCNC(=O)C1CCOc2ccccc21. The summed E-state index contributed by atoms with van der Waals surface area (Å²) in [5.41, 5.74) is 0.986. The maximum Gasteiger partial charge on any atom is 0.227 e. The number of fused-ring (bicyclic) bond motifs is 1. The van der Waals surface area contributed by atoms with Gasteiger partial charge in [-0.25, -0.2) is 0 Å². The number of benzene rings is 1. The fourth-order valence-corrected chi connectivity index (χ4v) is 2.24. The van der Waals surface area contributed by atoms with E-state index in [2.05, 4.69) is 5.32 Å². The third-order valence-corrected chi connectivity index (χ3v) is 3.33. The first-order valence-corrected chi connectivity index (χ1v) is 6.75. The van der Waals surface area contributed by atoms with E-state index in [1.165, 1.54) is 0 Å². The minimum atomic E-state index is -0.0967. The molecule has 98 valence electrons. The van der Waals surface area contributed by atoms with E-state index in [-0.39, 0.29) is 17.2 Å². The first-order chi connectivity index (χ1) is 8.68. The minimum absolute atomic E-state index is 0.0723. The number of carbonyl (C=O) groups excluding carboxylic acids is 1. The number of carbonyl (C=O) groups is 1. The fourth-order valence-electron chi connectivity index (χ4n) is 2.13. The number of ether oxygens (including phenoxy) is 1. The van der Waals surface area contributed by atoms with Gasteiger partial charge < -0.3 is 10.1 Å². The second kappa shape index (κ2) is 6.10. The van der Waals surface area contributed by atoms with Crippen LogP contribution in [-0.2, 0) is 4.79 Å². The molecule has 1 heterocycles. The molecule has 1 amide bonds. The second-order valence-corrected chi connectivity index (χ2v) is 5.33. The van der Waals surface area contributed by atoms with Crippen molar-refractivity contribution in [2.24, 2.45) is 0 Å². The highest BCUT2D eigenvalue weighted by Gasteiger charge is 2.26. The van der Waals surface area contributed by atoms with Gasteiger partial charge in [0, 0.05) is 17.5 Å². The highest BCUT2D eigenvalue weighted by molar-refractivity contribution is 6.20. The molecule has 1 aromatic rings. The van der Waals surface area contributed by atoms with Crippen LogP contribution < -0.4 is 10.1 Å². The van der Waals surface area contributed by atoms with Crippen LogP contribution in [0.4, 0.5) is 0 Å². The van der Waals surface area contributed by atoms with Crippen molar-refractivity contribution in [3.63, 3.8) is 0 Å². The quantitative estimate of drug-likeness (QED) is 0.852. The zero-order chi connectivity index (χ0) is 13.0. The van der Waals surface area contributed by atoms with Crippen molar-refractivity contribution in [3.05, 3.63) is 29.8 Å². The predicted octanol–water partition coefficient (Wildman–Crippen LogP) is 2.69. The Labute approximate surface area is 112 Å². The van der Waals surface area contributed by atoms with Crippen LogP contribution in [0.25, 0.3) is 0 Å². The van der Waals surface area contributed by atoms with E-state index in [4.69, 9.17) is 16.3 Å². The number of nitrogens with one attached hydrogen (secondary N) is 1. The number of amides is 1. The first-order valence-electron chi connectivity index (χ1n) is 6.32. The van der Waals surface area contributed by atoms with Gasteiger partial charge in [-0.1, -0.05) is 18.2 Å². The van der Waals surface area contributed by atoms with Crippen molar-refractivity contribution in [1.82, 2.24) is 5.32 Å². The Morgan fingerprint density at radius 1 is 1.56 bits per heavy atom. The average Bonchev–Trinajstić information content (AvgIpc) is 2.37. The molecular formula is C14H18ClNO2. The molecule has 4 heteroatoms. The second-order valence-electron chi connectivity index (χ2n) is 4.59. The Kier molecular flexibility index (Phi) is 4.48. The molecule has 1 aliphatic heterocycles. The largest absolute Gasteiger partial charge is 0.493 e. The van der Waals surface area contributed by atoms with Crippen molar-refractivity contribution in [1.29, 1.82) is 0 Å². The van der Waals surface area contributed by atoms with E-state index < -0.39 is 0 Å². The molecule has 0 aromatic heterocycles. The molecule has 18 heavy (non-hydrogen) atoms. The third kappa shape index (κ3) is 3.16. The van der Waals surface area contributed by atoms with E-state index >= 15 is 0 Å². The molecule has 0 radical (unpaired) electrons. The van der Waals surface area contributed by atoms with Crippen LogP contribution in [0.15, 0.2) is 24.3 Å². The summed E-state index contributed by atoms with van der Waals surface area (Å²) in [7, 11) is 0. The van der Waals surface area contributed by atoms with E-state index in [9.17, 15) is 4.79 Å². The Bertz CT molecular complexity index is 420. The van der Waals surface area contributed by atoms with E-state index in [1.807, 2.05) is 31.2 Å². The first kappa shape index (κ1) is 13.2. The summed E-state index contributed by atoms with van der Waals surface area (Å²) < 4.78 is 5.55. The molecule has 0 spiro atoms. The molecule has 0 aliphatic carbocycles. The van der Waals surface area contributed by atoms with Crippen LogP contribution in [0.2, 0.25) is 0 Å². The third-order valence-electron chi connectivity index (χ3n) is 3.12. The Morgan fingerprint density at radius 3 is 3.11 bits per heavy atom. The normalized spacial score (nSPS) is 19.6. The van der Waals surface area contributed by atoms with Crippen molar-refractivity contribution in [2.45, 2.75) is 31.1 Å². The predicted molar refractivity (Wildman–Crippen MR) is 72.2 cm³/mol. The summed E-state index contributed by atoms with van der Waals surface area (Å²) in [5.74, 6) is 0.804. The van der Waals surface area contributed by atoms with Gasteiger partial charge in [-0.05, 0) is 25.8 Å². The monoisotopic (exact) mass is 267 g/mol. The summed E-state index contributed by atoms with van der Waals surface area (Å²) in [5, 5.41) is 3.04. The van der Waals surface area contributed by atoms with Crippen molar-refractivity contribution in [3.8, 4) is 5.75 Å². The Morgan fingerprint density at radius 2 is 2.33 bits per heavy atom. The maximum absolute atomic E-state index is 12.1. The summed E-state index contributed by atoms with van der Waals surface area (Å²) in [6.07, 6.45) is 1.53. The van der Waals surface area contributed by atoms with Crippen LogP contribution in [-0.4, -0.2) is 24.4 Å². The lowest BCUT2D eigenvalue weighted by atomic mass is 9.92. The standard InChI is InChI=1S/C14H18ClNO2/c1-10(15)6-8-16-14(17)12-7-9-18-13-5-3-2-4-11(12)13/h2-5,10,12H,6-9H2,1H3,(H,16,17). The molecule has 1 N–H and O–H groups in total. The van der Waals surface area contributed by atoms with Gasteiger partial charge in [-0.2, -0.15) is 0 Å². The molecule has 1 aliphatic rings. The van der Waals surface area contributed by atoms with Gasteiger partial charge in [0.15, 0.2) is 0 Å². The van der Waals surface area contributed by atoms with Gasteiger partial charge >= 0.3 is 0 Å². The van der Waals surface area contributed by atoms with Crippen LogP contribution in [0.3, 0.4) is 0 Å². The summed E-state index contributed by atoms with van der Waals surface area (Å²) >= 11 is 5.86. The lowest BCUT2D eigenvalue weighted by Gasteiger charge is -2.25. The molecule has 3 nitrogen and oxygen atoms in total. The summed E-state index contributed by atoms with van der Waals surface area (Å²) in [6.45, 7) is 3.15. The highest BCUT2D eigenvalue weighted by atomic mass is 35.5. The zero-order valence-electron chi connectivity index (χ0n) is 10.5. The van der Waals surface area contributed by atoms with Crippen LogP contribution in [0, 0.1) is 0 Å². The van der Waals surface area contributed by atoms with Crippen molar-refractivity contribution >= 4 is 17.5 Å². The smallest absolute Gasteiger partial charge is 0.227 e. The van der Waals surface area contributed by atoms with Crippen molar-refractivity contribution < 1.29 is 9.53 Å². The van der Waals surface area contributed by atoms with Crippen LogP contribution >= 0.6 is 11.6 Å². The molecule has 0 fully saturated rings. The lowest BCUT2D eigenvalue weighted by Crippen LogP contribution is -2.33. The summed E-state index contributed by atoms with van der Waals surface area (Å²) in [4.78, 5) is 12.1. The van der Waals surface area contributed by atoms with E-state index in [1.54, 1.807) is 0 Å². The number of rotatable bonds is 4. The molecule has 0 saturated carbocycles. The molecule has 0 bridgehead atoms. The minimum Gasteiger partial charge on any atom is -0.493 e. The molecule has 2 rings (SSSR count). The van der Waals surface area contributed by atoms with Gasteiger partial charge in [0.05, 0.1) is 12.5 Å².